The monoisotopic (exact) mass is 289 g/mol. The number of methoxy groups -OCH3 is 1. The van der Waals surface area contributed by atoms with Gasteiger partial charge in [-0.3, -0.25) is 4.90 Å². The quantitative estimate of drug-likeness (QED) is 0.838. The fourth-order valence-corrected chi connectivity index (χ4v) is 2.28. The van der Waals surface area contributed by atoms with E-state index in [2.05, 4.69) is 34.5 Å². The molecule has 114 valence electrons. The molecule has 0 atom stereocenters. The van der Waals surface area contributed by atoms with Gasteiger partial charge in [0.1, 0.15) is 6.73 Å². The van der Waals surface area contributed by atoms with Gasteiger partial charge in [-0.25, -0.2) is 4.79 Å². The number of carbonyl (C=O) groups excluding carboxylic acids is 1. The Morgan fingerprint density at radius 3 is 2.62 bits per heavy atom. The summed E-state index contributed by atoms with van der Waals surface area (Å²) in [6.45, 7) is 4.50. The Morgan fingerprint density at radius 2 is 1.95 bits per heavy atom. The summed E-state index contributed by atoms with van der Waals surface area (Å²) in [6, 6.07) is 10.2. The van der Waals surface area contributed by atoms with Gasteiger partial charge in [-0.2, -0.15) is 0 Å². The van der Waals surface area contributed by atoms with E-state index in [-0.39, 0.29) is 12.8 Å². The molecule has 1 aromatic rings. The Morgan fingerprint density at radius 1 is 1.24 bits per heavy atom. The number of nitrogens with one attached hydrogen (secondary N) is 1. The third-order valence-electron chi connectivity index (χ3n) is 3.50. The van der Waals surface area contributed by atoms with E-state index >= 15 is 0 Å². The van der Waals surface area contributed by atoms with Gasteiger partial charge in [0.25, 0.3) is 0 Å². The molecule has 21 heavy (non-hydrogen) atoms. The van der Waals surface area contributed by atoms with Gasteiger partial charge in [0.15, 0.2) is 0 Å². The molecule has 1 saturated heterocycles. The van der Waals surface area contributed by atoms with Gasteiger partial charge in [-0.15, -0.1) is 0 Å². The molecule has 1 aliphatic heterocycles. The third-order valence-corrected chi connectivity index (χ3v) is 3.50. The Bertz CT molecular complexity index is 454. The molecule has 2 amide bonds. The number of hydrogen-bond acceptors (Lipinski definition) is 3. The van der Waals surface area contributed by atoms with E-state index in [0.29, 0.717) is 0 Å². The number of benzene rings is 1. The summed E-state index contributed by atoms with van der Waals surface area (Å²) < 4.78 is 4.84. The molecular formula is C16H23N3O2. The lowest BCUT2D eigenvalue weighted by Gasteiger charge is -2.34. The van der Waals surface area contributed by atoms with Gasteiger partial charge in [0, 0.05) is 39.8 Å². The topological polar surface area (TPSA) is 44.8 Å². The SMILES string of the molecule is COCNC(=O)N1CCN(C/C=C/c2ccccc2)CC1. The molecule has 1 N–H and O–H groups in total. The fraction of sp³-hybridized carbons (Fsp3) is 0.438. The smallest absolute Gasteiger partial charge is 0.319 e. The number of piperazine rings is 1. The van der Waals surface area contributed by atoms with Crippen LogP contribution >= 0.6 is 0 Å². The van der Waals surface area contributed by atoms with Crippen LogP contribution in [-0.4, -0.2) is 62.4 Å². The van der Waals surface area contributed by atoms with Crippen molar-refractivity contribution in [3.05, 3.63) is 42.0 Å². The minimum absolute atomic E-state index is 0.0451. The van der Waals surface area contributed by atoms with Crippen molar-refractivity contribution in [1.29, 1.82) is 0 Å². The number of hydrogen-bond donors (Lipinski definition) is 1. The van der Waals surface area contributed by atoms with Crippen molar-refractivity contribution >= 4 is 12.1 Å². The van der Waals surface area contributed by atoms with E-state index in [0.717, 1.165) is 32.7 Å². The van der Waals surface area contributed by atoms with Gasteiger partial charge in [0.2, 0.25) is 0 Å². The normalized spacial score (nSPS) is 16.3. The van der Waals surface area contributed by atoms with Crippen LogP contribution in [0, 0.1) is 0 Å². The van der Waals surface area contributed by atoms with Crippen molar-refractivity contribution in [2.75, 3.05) is 46.6 Å². The maximum absolute atomic E-state index is 11.8. The highest BCUT2D eigenvalue weighted by Crippen LogP contribution is 2.04. The number of amides is 2. The van der Waals surface area contributed by atoms with E-state index in [4.69, 9.17) is 4.74 Å². The lowest BCUT2D eigenvalue weighted by atomic mass is 10.2. The van der Waals surface area contributed by atoms with Gasteiger partial charge >= 0.3 is 6.03 Å². The first-order chi connectivity index (χ1) is 10.3. The van der Waals surface area contributed by atoms with Gasteiger partial charge < -0.3 is 15.0 Å². The zero-order valence-electron chi connectivity index (χ0n) is 12.5. The highest BCUT2D eigenvalue weighted by atomic mass is 16.5. The maximum atomic E-state index is 11.8. The molecule has 5 nitrogen and oxygen atoms in total. The van der Waals surface area contributed by atoms with Crippen LogP contribution in [0.15, 0.2) is 36.4 Å². The molecule has 1 fully saturated rings. The molecule has 0 radical (unpaired) electrons. The first-order valence-electron chi connectivity index (χ1n) is 7.25. The van der Waals surface area contributed by atoms with Crippen LogP contribution in [-0.2, 0) is 4.74 Å². The van der Waals surface area contributed by atoms with Crippen molar-refractivity contribution in [2.45, 2.75) is 0 Å². The van der Waals surface area contributed by atoms with E-state index in [1.54, 1.807) is 7.11 Å². The van der Waals surface area contributed by atoms with Crippen LogP contribution in [0.2, 0.25) is 0 Å². The highest BCUT2D eigenvalue weighted by Gasteiger charge is 2.19. The Labute approximate surface area is 126 Å². The summed E-state index contributed by atoms with van der Waals surface area (Å²) in [5, 5.41) is 2.71. The van der Waals surface area contributed by atoms with E-state index in [9.17, 15) is 4.79 Å². The second kappa shape index (κ2) is 8.44. The van der Waals surface area contributed by atoms with Gasteiger partial charge in [-0.1, -0.05) is 42.5 Å². The lowest BCUT2D eigenvalue weighted by molar-refractivity contribution is 0.128. The van der Waals surface area contributed by atoms with Gasteiger partial charge in [-0.05, 0) is 5.56 Å². The van der Waals surface area contributed by atoms with Crippen LogP contribution < -0.4 is 5.32 Å². The minimum Gasteiger partial charge on any atom is -0.364 e. The molecule has 1 aliphatic rings. The van der Waals surface area contributed by atoms with Crippen molar-refractivity contribution < 1.29 is 9.53 Å². The summed E-state index contributed by atoms with van der Waals surface area (Å²) >= 11 is 0. The van der Waals surface area contributed by atoms with Gasteiger partial charge in [0.05, 0.1) is 0 Å². The number of carbonyl (C=O) groups is 1. The first-order valence-corrected chi connectivity index (χ1v) is 7.25. The van der Waals surface area contributed by atoms with Crippen molar-refractivity contribution in [2.24, 2.45) is 0 Å². The highest BCUT2D eigenvalue weighted by molar-refractivity contribution is 5.74. The Kier molecular flexibility index (Phi) is 6.24. The summed E-state index contributed by atoms with van der Waals surface area (Å²) in [6.07, 6.45) is 4.31. The largest absolute Gasteiger partial charge is 0.364 e. The molecule has 0 saturated carbocycles. The molecule has 0 bridgehead atoms. The molecule has 0 aliphatic carbocycles. The second-order valence-electron chi connectivity index (χ2n) is 5.02. The average Bonchev–Trinajstić information content (AvgIpc) is 2.54. The zero-order valence-corrected chi connectivity index (χ0v) is 12.5. The second-order valence-corrected chi connectivity index (χ2v) is 5.02. The summed E-state index contributed by atoms with van der Waals surface area (Å²) in [7, 11) is 1.57. The predicted octanol–water partition coefficient (Wildman–Crippen LogP) is 1.63. The van der Waals surface area contributed by atoms with Crippen LogP contribution in [0.3, 0.4) is 0 Å². The molecule has 1 aromatic carbocycles. The van der Waals surface area contributed by atoms with Crippen LogP contribution in [0.4, 0.5) is 4.79 Å². The molecule has 0 aromatic heterocycles. The Hall–Kier alpha value is -1.85. The molecule has 1 heterocycles. The van der Waals surface area contributed by atoms with Crippen molar-refractivity contribution in [1.82, 2.24) is 15.1 Å². The van der Waals surface area contributed by atoms with Crippen molar-refractivity contribution in [3.63, 3.8) is 0 Å². The summed E-state index contributed by atoms with van der Waals surface area (Å²) in [5.41, 5.74) is 1.22. The lowest BCUT2D eigenvalue weighted by Crippen LogP contribution is -2.51. The standard InChI is InChI=1S/C16H23N3O2/c1-21-14-17-16(20)19-12-10-18(11-13-19)9-5-8-15-6-3-2-4-7-15/h2-8H,9-14H2,1H3,(H,17,20)/b8-5+. The number of nitrogens with zero attached hydrogens (tertiary/aromatic N) is 2. The molecule has 5 heteroatoms. The molecular weight excluding hydrogens is 266 g/mol. The minimum atomic E-state index is -0.0451. The van der Waals surface area contributed by atoms with Crippen molar-refractivity contribution in [3.8, 4) is 0 Å². The van der Waals surface area contributed by atoms with Crippen LogP contribution in [0.5, 0.6) is 0 Å². The first kappa shape index (κ1) is 15.5. The predicted molar refractivity (Wildman–Crippen MR) is 83.9 cm³/mol. The number of rotatable bonds is 5. The Balaban J connectivity index is 1.69. The van der Waals surface area contributed by atoms with Crippen LogP contribution in [0.1, 0.15) is 5.56 Å². The summed E-state index contributed by atoms with van der Waals surface area (Å²) in [5.74, 6) is 0. The van der Waals surface area contributed by atoms with Crippen LogP contribution in [0.25, 0.3) is 6.08 Å². The fourth-order valence-electron chi connectivity index (χ4n) is 2.28. The molecule has 2 rings (SSSR count). The van der Waals surface area contributed by atoms with E-state index in [1.165, 1.54) is 5.56 Å². The van der Waals surface area contributed by atoms with E-state index < -0.39 is 0 Å². The van der Waals surface area contributed by atoms with E-state index in [1.807, 2.05) is 23.1 Å². The number of urea groups is 1. The zero-order chi connectivity index (χ0) is 14.9. The molecule has 0 unspecified atom stereocenters. The maximum Gasteiger partial charge on any atom is 0.319 e. The summed E-state index contributed by atoms with van der Waals surface area (Å²) in [4.78, 5) is 15.9. The number of ether oxygens (including phenoxy) is 1. The third kappa shape index (κ3) is 5.21. The molecule has 0 spiro atoms. The average molecular weight is 289 g/mol.